The minimum Gasteiger partial charge on any atom is -0.471 e. The monoisotopic (exact) mass is 234 g/mol. The van der Waals surface area contributed by atoms with E-state index >= 15 is 0 Å². The smallest absolute Gasteiger partial charge is 0.246 e. The molecular formula is C8H14N2O6. The van der Waals surface area contributed by atoms with E-state index in [-0.39, 0.29) is 0 Å². The minimum absolute atomic E-state index is 0.473. The van der Waals surface area contributed by atoms with Crippen LogP contribution in [0.5, 0.6) is 0 Å². The van der Waals surface area contributed by atoms with Crippen LogP contribution >= 0.6 is 0 Å². The number of hydrogen-bond acceptors (Lipinski definition) is 7. The van der Waals surface area contributed by atoms with Crippen LogP contribution in [0.25, 0.3) is 0 Å². The number of aliphatic hydroxyl groups is 4. The molecule has 1 saturated heterocycles. The van der Waals surface area contributed by atoms with Gasteiger partial charge in [-0.2, -0.15) is 0 Å². The van der Waals surface area contributed by atoms with E-state index in [0.717, 1.165) is 0 Å². The second kappa shape index (κ2) is 5.21. The van der Waals surface area contributed by atoms with E-state index in [1.807, 2.05) is 0 Å². The summed E-state index contributed by atoms with van der Waals surface area (Å²) in [6.45, 7) is -1.35. The Morgan fingerprint density at radius 1 is 1.38 bits per heavy atom. The Morgan fingerprint density at radius 2 is 2.00 bits per heavy atom. The fourth-order valence-corrected chi connectivity index (χ4v) is 1.39. The predicted molar refractivity (Wildman–Crippen MR) is 50.7 cm³/mol. The van der Waals surface area contributed by atoms with E-state index in [0.29, 0.717) is 0 Å². The Balaban J connectivity index is 2.72. The molecule has 1 rings (SSSR count). The zero-order valence-corrected chi connectivity index (χ0v) is 8.33. The zero-order valence-electron chi connectivity index (χ0n) is 8.33. The Bertz CT molecular complexity index is 284. The largest absolute Gasteiger partial charge is 0.471 e. The van der Waals surface area contributed by atoms with Gasteiger partial charge in [-0.15, -0.1) is 0 Å². The van der Waals surface area contributed by atoms with Crippen molar-refractivity contribution in [2.24, 2.45) is 0 Å². The molecule has 0 aromatic heterocycles. The van der Waals surface area contributed by atoms with Crippen molar-refractivity contribution in [2.45, 2.75) is 24.4 Å². The van der Waals surface area contributed by atoms with Crippen LogP contribution in [0.3, 0.4) is 0 Å². The first-order valence-corrected chi connectivity index (χ1v) is 4.63. The highest BCUT2D eigenvalue weighted by Crippen LogP contribution is 2.16. The molecular weight excluding hydrogens is 220 g/mol. The topological polar surface area (TPSA) is 143 Å². The van der Waals surface area contributed by atoms with Crippen LogP contribution in [0.4, 0.5) is 0 Å². The highest BCUT2D eigenvalue weighted by molar-refractivity contribution is 5.87. The minimum atomic E-state index is -1.46. The molecule has 0 bridgehead atoms. The van der Waals surface area contributed by atoms with Crippen molar-refractivity contribution in [3.05, 3.63) is 0 Å². The molecule has 0 aromatic carbocycles. The molecule has 6 N–H and O–H groups in total. The average molecular weight is 234 g/mol. The van der Waals surface area contributed by atoms with Crippen molar-refractivity contribution in [3.63, 3.8) is 0 Å². The van der Waals surface area contributed by atoms with Crippen LogP contribution in [0.15, 0.2) is 0 Å². The molecule has 4 atom stereocenters. The van der Waals surface area contributed by atoms with Crippen molar-refractivity contribution in [3.8, 4) is 0 Å². The van der Waals surface area contributed by atoms with Crippen LogP contribution < -0.4 is 5.32 Å². The van der Waals surface area contributed by atoms with Gasteiger partial charge in [0, 0.05) is 0 Å². The van der Waals surface area contributed by atoms with Gasteiger partial charge in [0.05, 0.1) is 6.61 Å². The summed E-state index contributed by atoms with van der Waals surface area (Å²) in [5.41, 5.74) is 0. The van der Waals surface area contributed by atoms with Gasteiger partial charge in [-0.05, 0) is 0 Å². The lowest BCUT2D eigenvalue weighted by Gasteiger charge is -2.37. The van der Waals surface area contributed by atoms with Crippen molar-refractivity contribution in [2.75, 3.05) is 13.2 Å². The van der Waals surface area contributed by atoms with Gasteiger partial charge >= 0.3 is 0 Å². The summed E-state index contributed by atoms with van der Waals surface area (Å²) in [5.74, 6) is -1.27. The lowest BCUT2D eigenvalue weighted by Crippen LogP contribution is -2.62. The Morgan fingerprint density at radius 3 is 2.50 bits per heavy atom. The molecule has 0 saturated carbocycles. The third-order valence-corrected chi connectivity index (χ3v) is 2.27. The summed E-state index contributed by atoms with van der Waals surface area (Å²) in [4.78, 5) is 10.9. The van der Waals surface area contributed by atoms with Crippen molar-refractivity contribution < 1.29 is 30.0 Å². The first-order valence-electron chi connectivity index (χ1n) is 4.63. The molecule has 0 radical (unpaired) electrons. The molecule has 0 spiro atoms. The maximum absolute atomic E-state index is 10.9. The predicted octanol–water partition coefficient (Wildman–Crippen LogP) is -3.45. The number of hydrogen-bond donors (Lipinski definition) is 6. The van der Waals surface area contributed by atoms with Gasteiger partial charge < -0.3 is 30.5 Å². The average Bonchev–Trinajstić information content (AvgIpc) is 2.28. The highest BCUT2D eigenvalue weighted by atomic mass is 16.5. The van der Waals surface area contributed by atoms with Crippen LogP contribution in [0, 0.1) is 5.41 Å². The first-order chi connectivity index (χ1) is 7.51. The fourth-order valence-electron chi connectivity index (χ4n) is 1.39. The zero-order chi connectivity index (χ0) is 12.3. The second-order valence-corrected chi connectivity index (χ2v) is 3.39. The molecule has 1 aliphatic heterocycles. The molecule has 16 heavy (non-hydrogen) atoms. The van der Waals surface area contributed by atoms with Crippen LogP contribution in [0.2, 0.25) is 0 Å². The Labute approximate surface area is 91.0 Å². The third-order valence-electron chi connectivity index (χ3n) is 2.27. The van der Waals surface area contributed by atoms with E-state index in [9.17, 15) is 15.0 Å². The standard InChI is InChI=1S/C8H14N2O6/c9-8-5(10-4(13)2-12)7(15)6(14)3(1-11)16-8/h3,5-7,9,11-12,14-15H,1-2H2,(H,10,13)/t3-,5-,6-,7-/m1/s1. The van der Waals surface area contributed by atoms with Crippen molar-refractivity contribution in [1.82, 2.24) is 5.32 Å². The maximum atomic E-state index is 10.9. The fraction of sp³-hybridized carbons (Fsp3) is 0.750. The molecule has 8 nitrogen and oxygen atoms in total. The van der Waals surface area contributed by atoms with Crippen LogP contribution in [-0.4, -0.2) is 69.8 Å². The van der Waals surface area contributed by atoms with Gasteiger partial charge in [0.25, 0.3) is 0 Å². The molecule has 0 aliphatic carbocycles. The molecule has 0 unspecified atom stereocenters. The van der Waals surface area contributed by atoms with Gasteiger partial charge in [0.1, 0.15) is 24.9 Å². The molecule has 92 valence electrons. The maximum Gasteiger partial charge on any atom is 0.246 e. The van der Waals surface area contributed by atoms with Crippen molar-refractivity contribution in [1.29, 1.82) is 5.41 Å². The number of carbonyl (C=O) groups excluding carboxylic acids is 1. The van der Waals surface area contributed by atoms with E-state index in [1.54, 1.807) is 0 Å². The summed E-state index contributed by atoms with van der Waals surface area (Å²) >= 11 is 0. The third kappa shape index (κ3) is 2.47. The molecule has 1 fully saturated rings. The SMILES string of the molecule is N=C1O[C@H](CO)[C@@H](O)[C@H](O)[C@H]1NC(=O)CO. The quantitative estimate of drug-likeness (QED) is 0.300. The number of carbonyl (C=O) groups is 1. The first kappa shape index (κ1) is 12.8. The lowest BCUT2D eigenvalue weighted by atomic mass is 9.97. The summed E-state index contributed by atoms with van der Waals surface area (Å²) in [5, 5.41) is 45.8. The molecule has 1 aliphatic rings. The van der Waals surface area contributed by atoms with E-state index < -0.39 is 49.4 Å². The summed E-state index contributed by atoms with van der Waals surface area (Å²) in [7, 11) is 0. The summed E-state index contributed by atoms with van der Waals surface area (Å²) in [6, 6.07) is -1.22. The Hall–Kier alpha value is -1.22. The summed E-state index contributed by atoms with van der Waals surface area (Å²) in [6.07, 6.45) is -3.97. The van der Waals surface area contributed by atoms with Gasteiger partial charge in [-0.25, -0.2) is 0 Å². The van der Waals surface area contributed by atoms with Gasteiger partial charge in [0.2, 0.25) is 11.8 Å². The number of aliphatic hydroxyl groups excluding tert-OH is 4. The van der Waals surface area contributed by atoms with E-state index in [1.165, 1.54) is 0 Å². The van der Waals surface area contributed by atoms with Gasteiger partial charge in [-0.1, -0.05) is 0 Å². The molecule has 8 heteroatoms. The number of rotatable bonds is 3. The number of nitrogens with one attached hydrogen (secondary N) is 2. The van der Waals surface area contributed by atoms with Crippen LogP contribution in [0.1, 0.15) is 0 Å². The second-order valence-electron chi connectivity index (χ2n) is 3.39. The van der Waals surface area contributed by atoms with Gasteiger partial charge in [0.15, 0.2) is 6.10 Å². The van der Waals surface area contributed by atoms with E-state index in [4.69, 9.17) is 20.4 Å². The lowest BCUT2D eigenvalue weighted by molar-refractivity contribution is -0.130. The highest BCUT2D eigenvalue weighted by Gasteiger charge is 2.42. The van der Waals surface area contributed by atoms with E-state index in [2.05, 4.69) is 5.32 Å². The van der Waals surface area contributed by atoms with Crippen LogP contribution in [-0.2, 0) is 9.53 Å². The van der Waals surface area contributed by atoms with Crippen molar-refractivity contribution >= 4 is 11.8 Å². The number of ether oxygens (including phenoxy) is 1. The van der Waals surface area contributed by atoms with Gasteiger partial charge in [-0.3, -0.25) is 10.2 Å². The molecule has 1 amide bonds. The molecule has 0 aromatic rings. The number of amides is 1. The Kier molecular flexibility index (Phi) is 4.19. The normalized spacial score (nSPS) is 34.4. The summed E-state index contributed by atoms with van der Waals surface area (Å²) < 4.78 is 4.80. The molecule has 1 heterocycles.